The van der Waals surface area contributed by atoms with Crippen molar-refractivity contribution in [2.75, 3.05) is 39.5 Å². The summed E-state index contributed by atoms with van der Waals surface area (Å²) in [5.41, 5.74) is 0. The second-order valence-corrected chi connectivity index (χ2v) is 3.22. The lowest BCUT2D eigenvalue weighted by Gasteiger charge is -2.04. The normalized spacial score (nSPS) is 10.7. The summed E-state index contributed by atoms with van der Waals surface area (Å²) in [6.07, 6.45) is 4.10. The molecule has 0 bridgehead atoms. The van der Waals surface area contributed by atoms with Crippen molar-refractivity contribution in [2.45, 2.75) is 25.7 Å². The monoisotopic (exact) mass is 205 g/mol. The van der Waals surface area contributed by atoms with E-state index in [1.807, 2.05) is 0 Å². The molecular formula is C10H23NO3. The third-order valence-corrected chi connectivity index (χ3v) is 1.89. The van der Waals surface area contributed by atoms with Gasteiger partial charge in [0.15, 0.2) is 0 Å². The molecule has 0 saturated heterocycles. The maximum Gasteiger partial charge on any atom is 0.0697 e. The summed E-state index contributed by atoms with van der Waals surface area (Å²) < 4.78 is 5.10. The summed E-state index contributed by atoms with van der Waals surface area (Å²) in [7, 11) is 0. The summed E-state index contributed by atoms with van der Waals surface area (Å²) in [5, 5.41) is 20.3. The maximum atomic E-state index is 8.53. The Kier molecular flexibility index (Phi) is 12.7. The average Bonchev–Trinajstić information content (AvgIpc) is 2.21. The number of aliphatic hydroxyl groups excluding tert-OH is 2. The number of hydrogen-bond donors (Lipinski definition) is 3. The predicted octanol–water partition coefficient (Wildman–Crippen LogP) is 0.138. The quantitative estimate of drug-likeness (QED) is 0.420. The van der Waals surface area contributed by atoms with Crippen molar-refractivity contribution < 1.29 is 14.9 Å². The average molecular weight is 205 g/mol. The lowest BCUT2D eigenvalue weighted by Crippen LogP contribution is -2.18. The summed E-state index contributed by atoms with van der Waals surface area (Å²) in [5.74, 6) is 0. The highest BCUT2D eigenvalue weighted by Gasteiger charge is 1.90. The summed E-state index contributed by atoms with van der Waals surface area (Å²) in [4.78, 5) is 0. The van der Waals surface area contributed by atoms with Gasteiger partial charge in [0.05, 0.1) is 13.2 Å². The van der Waals surface area contributed by atoms with Crippen molar-refractivity contribution in [3.05, 3.63) is 0 Å². The van der Waals surface area contributed by atoms with Gasteiger partial charge in [-0.25, -0.2) is 0 Å². The fourth-order valence-corrected chi connectivity index (χ4v) is 1.13. The van der Waals surface area contributed by atoms with Gasteiger partial charge in [-0.05, 0) is 38.8 Å². The van der Waals surface area contributed by atoms with Gasteiger partial charge in [0.25, 0.3) is 0 Å². The van der Waals surface area contributed by atoms with Crippen LogP contribution >= 0.6 is 0 Å². The van der Waals surface area contributed by atoms with Gasteiger partial charge in [0.2, 0.25) is 0 Å². The van der Waals surface area contributed by atoms with Crippen molar-refractivity contribution in [2.24, 2.45) is 0 Å². The fourth-order valence-electron chi connectivity index (χ4n) is 1.13. The van der Waals surface area contributed by atoms with E-state index in [2.05, 4.69) is 5.32 Å². The molecule has 0 spiro atoms. The molecule has 0 aliphatic rings. The number of nitrogens with one attached hydrogen (secondary N) is 1. The molecule has 0 fully saturated rings. The van der Waals surface area contributed by atoms with E-state index < -0.39 is 0 Å². The van der Waals surface area contributed by atoms with Crippen LogP contribution in [0.5, 0.6) is 0 Å². The number of hydrogen-bond acceptors (Lipinski definition) is 4. The second-order valence-electron chi connectivity index (χ2n) is 3.22. The van der Waals surface area contributed by atoms with Crippen molar-refractivity contribution in [1.82, 2.24) is 5.32 Å². The summed E-state index contributed by atoms with van der Waals surface area (Å²) in [6.45, 7) is 3.54. The van der Waals surface area contributed by atoms with Crippen molar-refractivity contribution in [1.29, 1.82) is 0 Å². The van der Waals surface area contributed by atoms with Crippen LogP contribution in [-0.4, -0.2) is 49.7 Å². The standard InChI is InChI=1S/C10H23NO3/c12-7-3-1-2-5-11-6-4-9-14-10-8-13/h11-13H,1-10H2. The zero-order valence-electron chi connectivity index (χ0n) is 8.87. The molecule has 14 heavy (non-hydrogen) atoms. The highest BCUT2D eigenvalue weighted by Crippen LogP contribution is 1.91. The van der Waals surface area contributed by atoms with E-state index in [0.29, 0.717) is 19.8 Å². The van der Waals surface area contributed by atoms with Crippen LogP contribution in [0, 0.1) is 0 Å². The molecule has 0 amide bonds. The SMILES string of the molecule is OCCCCCNCCCOCCO. The van der Waals surface area contributed by atoms with Gasteiger partial charge in [-0.15, -0.1) is 0 Å². The maximum absolute atomic E-state index is 8.53. The molecule has 0 unspecified atom stereocenters. The van der Waals surface area contributed by atoms with Gasteiger partial charge in [0, 0.05) is 13.2 Å². The molecule has 0 aliphatic carbocycles. The molecule has 0 aromatic heterocycles. The Bertz CT molecular complexity index is 89.4. The molecule has 0 radical (unpaired) electrons. The molecule has 0 rings (SSSR count). The van der Waals surface area contributed by atoms with E-state index in [0.717, 1.165) is 38.8 Å². The van der Waals surface area contributed by atoms with E-state index >= 15 is 0 Å². The first-order chi connectivity index (χ1) is 6.91. The van der Waals surface area contributed by atoms with Crippen LogP contribution in [0.1, 0.15) is 25.7 Å². The Hall–Kier alpha value is -0.160. The molecule has 3 N–H and O–H groups in total. The Labute approximate surface area is 86.3 Å². The van der Waals surface area contributed by atoms with E-state index in [-0.39, 0.29) is 6.61 Å². The Morgan fingerprint density at radius 2 is 1.57 bits per heavy atom. The zero-order valence-corrected chi connectivity index (χ0v) is 8.87. The third kappa shape index (κ3) is 11.8. The molecule has 0 saturated carbocycles. The fraction of sp³-hybridized carbons (Fsp3) is 1.00. The van der Waals surface area contributed by atoms with Crippen molar-refractivity contribution in [3.63, 3.8) is 0 Å². The molecule has 4 nitrogen and oxygen atoms in total. The van der Waals surface area contributed by atoms with E-state index in [1.165, 1.54) is 0 Å². The van der Waals surface area contributed by atoms with Crippen LogP contribution in [0.15, 0.2) is 0 Å². The van der Waals surface area contributed by atoms with Gasteiger partial charge in [-0.1, -0.05) is 0 Å². The van der Waals surface area contributed by atoms with Crippen molar-refractivity contribution >= 4 is 0 Å². The minimum atomic E-state index is 0.106. The second kappa shape index (κ2) is 12.8. The highest BCUT2D eigenvalue weighted by molar-refractivity contribution is 4.48. The van der Waals surface area contributed by atoms with Crippen LogP contribution in [0.4, 0.5) is 0 Å². The molecule has 4 heteroatoms. The number of ether oxygens (including phenoxy) is 1. The van der Waals surface area contributed by atoms with E-state index in [9.17, 15) is 0 Å². The molecule has 0 atom stereocenters. The van der Waals surface area contributed by atoms with Crippen LogP contribution in [0.2, 0.25) is 0 Å². The number of unbranched alkanes of at least 4 members (excludes halogenated alkanes) is 2. The van der Waals surface area contributed by atoms with Crippen LogP contribution in [0.3, 0.4) is 0 Å². The largest absolute Gasteiger partial charge is 0.396 e. The smallest absolute Gasteiger partial charge is 0.0697 e. The lowest BCUT2D eigenvalue weighted by molar-refractivity contribution is 0.0907. The lowest BCUT2D eigenvalue weighted by atomic mass is 10.2. The van der Waals surface area contributed by atoms with Gasteiger partial charge in [0.1, 0.15) is 0 Å². The molecule has 0 aliphatic heterocycles. The minimum Gasteiger partial charge on any atom is -0.396 e. The van der Waals surface area contributed by atoms with Gasteiger partial charge in [-0.2, -0.15) is 0 Å². The van der Waals surface area contributed by atoms with Crippen LogP contribution < -0.4 is 5.32 Å². The molecule has 0 heterocycles. The topological polar surface area (TPSA) is 61.7 Å². The molecule has 0 aromatic rings. The van der Waals surface area contributed by atoms with Gasteiger partial charge >= 0.3 is 0 Å². The Morgan fingerprint density at radius 3 is 2.29 bits per heavy atom. The third-order valence-electron chi connectivity index (χ3n) is 1.89. The first kappa shape index (κ1) is 13.8. The molecular weight excluding hydrogens is 182 g/mol. The predicted molar refractivity (Wildman–Crippen MR) is 56.3 cm³/mol. The first-order valence-corrected chi connectivity index (χ1v) is 5.42. The van der Waals surface area contributed by atoms with Gasteiger partial charge < -0.3 is 20.3 Å². The van der Waals surface area contributed by atoms with Crippen molar-refractivity contribution in [3.8, 4) is 0 Å². The van der Waals surface area contributed by atoms with E-state index in [1.54, 1.807) is 0 Å². The first-order valence-electron chi connectivity index (χ1n) is 5.42. The zero-order chi connectivity index (χ0) is 10.5. The summed E-state index contributed by atoms with van der Waals surface area (Å²) >= 11 is 0. The van der Waals surface area contributed by atoms with Crippen LogP contribution in [-0.2, 0) is 4.74 Å². The summed E-state index contributed by atoms with van der Waals surface area (Å²) in [6, 6.07) is 0. The van der Waals surface area contributed by atoms with Gasteiger partial charge in [-0.3, -0.25) is 0 Å². The van der Waals surface area contributed by atoms with Crippen LogP contribution in [0.25, 0.3) is 0 Å². The minimum absolute atomic E-state index is 0.106. The Balaban J connectivity index is 2.78. The van der Waals surface area contributed by atoms with E-state index in [4.69, 9.17) is 14.9 Å². The number of rotatable bonds is 11. The number of aliphatic hydroxyl groups is 2. The molecule has 0 aromatic carbocycles. The Morgan fingerprint density at radius 1 is 0.786 bits per heavy atom. The highest BCUT2D eigenvalue weighted by atomic mass is 16.5. The molecule has 86 valence electrons.